The SMILES string of the molecule is Cc1cccc(C[C@]2(Sc3ccccc3)C(C)(C)[C@@H]3CC[C@]2(C)C3)n1. The predicted octanol–water partition coefficient (Wildman–Crippen LogP) is 6.31. The van der Waals surface area contributed by atoms with Crippen LogP contribution in [-0.4, -0.2) is 9.73 Å². The third-order valence-corrected chi connectivity index (χ3v) is 9.21. The molecule has 0 unspecified atom stereocenters. The Morgan fingerprint density at radius 1 is 1.04 bits per heavy atom. The highest BCUT2D eigenvalue weighted by atomic mass is 32.2. The molecule has 0 amide bonds. The topological polar surface area (TPSA) is 12.9 Å². The first-order valence-corrected chi connectivity index (χ1v) is 10.3. The van der Waals surface area contributed by atoms with Crippen molar-refractivity contribution >= 4 is 11.8 Å². The van der Waals surface area contributed by atoms with Gasteiger partial charge in [0.05, 0.1) is 0 Å². The lowest BCUT2D eigenvalue weighted by Gasteiger charge is -2.54. The van der Waals surface area contributed by atoms with E-state index in [9.17, 15) is 0 Å². The number of hydrogen-bond acceptors (Lipinski definition) is 2. The molecule has 1 heterocycles. The minimum atomic E-state index is 0.199. The number of hydrogen-bond donors (Lipinski definition) is 0. The van der Waals surface area contributed by atoms with Gasteiger partial charge >= 0.3 is 0 Å². The van der Waals surface area contributed by atoms with Crippen molar-refractivity contribution in [2.24, 2.45) is 16.7 Å². The van der Waals surface area contributed by atoms with E-state index in [1.165, 1.54) is 29.9 Å². The van der Waals surface area contributed by atoms with Crippen LogP contribution in [-0.2, 0) is 6.42 Å². The van der Waals surface area contributed by atoms with Crippen molar-refractivity contribution < 1.29 is 0 Å². The van der Waals surface area contributed by atoms with Crippen LogP contribution in [0.2, 0.25) is 0 Å². The highest BCUT2D eigenvalue weighted by Gasteiger charge is 2.68. The van der Waals surface area contributed by atoms with Gasteiger partial charge in [0.2, 0.25) is 0 Å². The first kappa shape index (κ1) is 17.1. The van der Waals surface area contributed by atoms with E-state index in [0.29, 0.717) is 10.8 Å². The molecule has 3 atom stereocenters. The fourth-order valence-corrected chi connectivity index (χ4v) is 7.48. The van der Waals surface area contributed by atoms with Crippen LogP contribution in [0.3, 0.4) is 0 Å². The smallest absolute Gasteiger partial charge is 0.0421 e. The Morgan fingerprint density at radius 2 is 1.80 bits per heavy atom. The van der Waals surface area contributed by atoms with Crippen molar-refractivity contribution in [1.82, 2.24) is 4.98 Å². The van der Waals surface area contributed by atoms with Gasteiger partial charge < -0.3 is 0 Å². The maximum atomic E-state index is 4.89. The Kier molecular flexibility index (Phi) is 4.03. The van der Waals surface area contributed by atoms with E-state index in [0.717, 1.165) is 18.0 Å². The summed E-state index contributed by atoms with van der Waals surface area (Å²) in [6, 6.07) is 17.5. The zero-order valence-electron chi connectivity index (χ0n) is 15.9. The fourth-order valence-electron chi connectivity index (χ4n) is 5.71. The molecule has 2 heteroatoms. The Balaban J connectivity index is 1.81. The first-order chi connectivity index (χ1) is 11.9. The number of nitrogens with zero attached hydrogens (tertiary/aromatic N) is 1. The number of aryl methyl sites for hydroxylation is 1. The molecule has 1 nitrogen and oxygen atoms in total. The quantitative estimate of drug-likeness (QED) is 0.640. The summed E-state index contributed by atoms with van der Waals surface area (Å²) >= 11 is 2.13. The Bertz CT molecular complexity index is 762. The highest BCUT2D eigenvalue weighted by Crippen LogP contribution is 2.74. The molecule has 25 heavy (non-hydrogen) atoms. The molecule has 2 aliphatic carbocycles. The lowest BCUT2D eigenvalue weighted by atomic mass is 9.61. The number of benzene rings is 1. The van der Waals surface area contributed by atoms with Gasteiger partial charge in [-0.15, -0.1) is 11.8 Å². The summed E-state index contributed by atoms with van der Waals surface area (Å²) < 4.78 is 0.199. The summed E-state index contributed by atoms with van der Waals surface area (Å²) in [7, 11) is 0. The Labute approximate surface area is 156 Å². The van der Waals surface area contributed by atoms with E-state index in [-0.39, 0.29) is 4.75 Å². The third kappa shape index (κ3) is 2.56. The van der Waals surface area contributed by atoms with Crippen molar-refractivity contribution in [3.05, 3.63) is 59.9 Å². The lowest BCUT2D eigenvalue weighted by Crippen LogP contribution is -2.53. The molecule has 1 aromatic carbocycles. The van der Waals surface area contributed by atoms with E-state index in [1.54, 1.807) is 0 Å². The van der Waals surface area contributed by atoms with Gasteiger partial charge in [-0.05, 0) is 67.2 Å². The van der Waals surface area contributed by atoms with Gasteiger partial charge in [0, 0.05) is 27.5 Å². The molecule has 2 saturated carbocycles. The average molecular weight is 352 g/mol. The van der Waals surface area contributed by atoms with Crippen LogP contribution in [0, 0.1) is 23.7 Å². The normalized spacial score (nSPS) is 32.9. The molecule has 0 saturated heterocycles. The molecule has 0 radical (unpaired) electrons. The maximum absolute atomic E-state index is 4.89. The van der Waals surface area contributed by atoms with E-state index < -0.39 is 0 Å². The summed E-state index contributed by atoms with van der Waals surface area (Å²) in [6.45, 7) is 9.70. The van der Waals surface area contributed by atoms with Crippen LogP contribution in [0.25, 0.3) is 0 Å². The lowest BCUT2D eigenvalue weighted by molar-refractivity contribution is 0.107. The first-order valence-electron chi connectivity index (χ1n) is 9.53. The summed E-state index contributed by atoms with van der Waals surface area (Å²) in [5, 5.41) is 0. The average Bonchev–Trinajstić information content (AvgIpc) is 3.04. The second-order valence-corrected chi connectivity index (χ2v) is 10.3. The van der Waals surface area contributed by atoms with Crippen molar-refractivity contribution in [3.8, 4) is 0 Å². The van der Waals surface area contributed by atoms with Gasteiger partial charge in [-0.2, -0.15) is 0 Å². The van der Waals surface area contributed by atoms with Crippen LogP contribution >= 0.6 is 11.8 Å². The van der Waals surface area contributed by atoms with E-state index in [4.69, 9.17) is 4.98 Å². The Morgan fingerprint density at radius 3 is 2.44 bits per heavy atom. The van der Waals surface area contributed by atoms with Crippen LogP contribution in [0.4, 0.5) is 0 Å². The minimum absolute atomic E-state index is 0.199. The zero-order valence-corrected chi connectivity index (χ0v) is 16.7. The maximum Gasteiger partial charge on any atom is 0.0421 e. The van der Waals surface area contributed by atoms with Crippen LogP contribution in [0.1, 0.15) is 51.4 Å². The number of thioether (sulfide) groups is 1. The van der Waals surface area contributed by atoms with Gasteiger partial charge in [-0.25, -0.2) is 0 Å². The van der Waals surface area contributed by atoms with E-state index in [1.807, 2.05) is 0 Å². The molecule has 0 N–H and O–H groups in total. The zero-order chi connectivity index (χ0) is 17.7. The van der Waals surface area contributed by atoms with Gasteiger partial charge in [0.15, 0.2) is 0 Å². The van der Waals surface area contributed by atoms with Gasteiger partial charge in [-0.3, -0.25) is 4.98 Å². The van der Waals surface area contributed by atoms with Gasteiger partial charge in [0.25, 0.3) is 0 Å². The second-order valence-electron chi connectivity index (χ2n) is 8.91. The summed E-state index contributed by atoms with van der Waals surface area (Å²) in [4.78, 5) is 6.29. The Hall–Kier alpha value is -1.28. The molecule has 1 aromatic heterocycles. The summed E-state index contributed by atoms with van der Waals surface area (Å²) in [6.07, 6.45) is 5.18. The minimum Gasteiger partial charge on any atom is -0.258 e. The third-order valence-electron chi connectivity index (χ3n) is 7.19. The van der Waals surface area contributed by atoms with Crippen LogP contribution in [0.15, 0.2) is 53.4 Å². The highest BCUT2D eigenvalue weighted by molar-refractivity contribution is 8.00. The molecule has 0 aliphatic heterocycles. The number of pyridine rings is 1. The molecule has 4 rings (SSSR count). The fraction of sp³-hybridized carbons (Fsp3) is 0.522. The van der Waals surface area contributed by atoms with Crippen LogP contribution < -0.4 is 0 Å². The van der Waals surface area contributed by atoms with Crippen LogP contribution in [0.5, 0.6) is 0 Å². The summed E-state index contributed by atoms with van der Waals surface area (Å²) in [5.41, 5.74) is 3.08. The van der Waals surface area contributed by atoms with Crippen molar-refractivity contribution in [2.75, 3.05) is 0 Å². The molecule has 2 fully saturated rings. The monoisotopic (exact) mass is 351 g/mol. The van der Waals surface area contributed by atoms with E-state index >= 15 is 0 Å². The van der Waals surface area contributed by atoms with Gasteiger partial charge in [-0.1, -0.05) is 45.0 Å². The largest absolute Gasteiger partial charge is 0.258 e. The van der Waals surface area contributed by atoms with Crippen molar-refractivity contribution in [1.29, 1.82) is 0 Å². The molecule has 0 spiro atoms. The van der Waals surface area contributed by atoms with Crippen molar-refractivity contribution in [3.63, 3.8) is 0 Å². The number of fused-ring (bicyclic) bond motifs is 2. The molecule has 2 aromatic rings. The van der Waals surface area contributed by atoms with E-state index in [2.05, 4.69) is 88.0 Å². The van der Waals surface area contributed by atoms with Gasteiger partial charge in [0.1, 0.15) is 0 Å². The molecule has 2 aliphatic rings. The number of rotatable bonds is 4. The number of aromatic nitrogens is 1. The van der Waals surface area contributed by atoms with Crippen molar-refractivity contribution in [2.45, 2.75) is 63.0 Å². The standard InChI is InChI=1S/C23H29NS/c1-17-9-8-10-19(24-17)16-23(25-20-11-6-5-7-12-20)21(2,3)18-13-14-22(23,4)15-18/h5-12,18H,13-16H2,1-4H3/t18-,22-,23+/m1/s1. The molecular formula is C23H29NS. The molecular weight excluding hydrogens is 322 g/mol. The molecule has 132 valence electrons. The molecule has 2 bridgehead atoms. The summed E-state index contributed by atoms with van der Waals surface area (Å²) in [5.74, 6) is 0.832. The predicted molar refractivity (Wildman–Crippen MR) is 107 cm³/mol. The second kappa shape index (κ2) is 5.87.